The van der Waals surface area contributed by atoms with E-state index in [1.807, 2.05) is 0 Å². The summed E-state index contributed by atoms with van der Waals surface area (Å²) in [6, 6.07) is 13.6. The van der Waals surface area contributed by atoms with E-state index < -0.39 is 11.7 Å². The largest absolute Gasteiger partial charge is 0.497 e. The monoisotopic (exact) mass is 460 g/mol. The van der Waals surface area contributed by atoms with Crippen LogP contribution in [0.2, 0.25) is 0 Å². The van der Waals surface area contributed by atoms with E-state index in [1.54, 1.807) is 48.5 Å². The normalized spacial score (nSPS) is 11.2. The summed E-state index contributed by atoms with van der Waals surface area (Å²) in [5.74, 6) is 1.01. The smallest absolute Gasteiger partial charge is 0.421 e. The number of ether oxygens (including phenoxy) is 2. The molecular weight excluding hydrogens is 433 g/mol. The number of nitrogens with zero attached hydrogens (tertiary/aromatic N) is 2. The molecule has 0 aliphatic heterocycles. The maximum atomic E-state index is 13.5. The van der Waals surface area contributed by atoms with Gasteiger partial charge in [0.1, 0.15) is 22.9 Å². The van der Waals surface area contributed by atoms with E-state index in [0.717, 1.165) is 24.8 Å². The summed E-state index contributed by atoms with van der Waals surface area (Å²) in [5, 5.41) is 5.65. The third kappa shape index (κ3) is 7.27. The third-order valence-corrected chi connectivity index (χ3v) is 4.82. The van der Waals surface area contributed by atoms with Crippen molar-refractivity contribution in [1.29, 1.82) is 0 Å². The maximum Gasteiger partial charge on any atom is 0.421 e. The molecule has 0 aliphatic rings. The quantitative estimate of drug-likeness (QED) is 0.302. The molecule has 0 amide bonds. The molecule has 0 saturated heterocycles. The Morgan fingerprint density at radius 3 is 2.09 bits per heavy atom. The van der Waals surface area contributed by atoms with E-state index in [1.165, 1.54) is 20.0 Å². The maximum absolute atomic E-state index is 13.5. The summed E-state index contributed by atoms with van der Waals surface area (Å²) in [6.07, 6.45) is 0.641. The molecule has 0 atom stereocenters. The van der Waals surface area contributed by atoms with Crippen molar-refractivity contribution >= 4 is 23.1 Å². The van der Waals surface area contributed by atoms with Crippen LogP contribution in [0.1, 0.15) is 38.2 Å². The summed E-state index contributed by atoms with van der Waals surface area (Å²) < 4.78 is 51.2. The van der Waals surface area contributed by atoms with Crippen molar-refractivity contribution in [1.82, 2.24) is 9.97 Å². The van der Waals surface area contributed by atoms with E-state index in [0.29, 0.717) is 23.7 Å². The first-order chi connectivity index (χ1) is 15.9. The van der Waals surface area contributed by atoms with Crippen LogP contribution in [0.25, 0.3) is 0 Å². The van der Waals surface area contributed by atoms with E-state index in [9.17, 15) is 13.2 Å². The van der Waals surface area contributed by atoms with Crippen molar-refractivity contribution in [3.8, 4) is 11.5 Å². The number of hydrogen-bond donors (Lipinski definition) is 2. The number of rotatable bonds is 11. The van der Waals surface area contributed by atoms with Gasteiger partial charge < -0.3 is 20.1 Å². The minimum atomic E-state index is -4.61. The van der Waals surface area contributed by atoms with Crippen molar-refractivity contribution in [2.24, 2.45) is 0 Å². The fourth-order valence-corrected chi connectivity index (χ4v) is 3.04. The molecule has 2 N–H and O–H groups in total. The van der Waals surface area contributed by atoms with Gasteiger partial charge in [0.25, 0.3) is 0 Å². The highest BCUT2D eigenvalue weighted by molar-refractivity contribution is 5.63. The molecule has 0 unspecified atom stereocenters. The zero-order chi connectivity index (χ0) is 23.7. The number of aromatic nitrogens is 2. The number of halogens is 3. The average Bonchev–Trinajstić information content (AvgIpc) is 2.80. The van der Waals surface area contributed by atoms with Crippen LogP contribution in [0.4, 0.5) is 36.3 Å². The molecule has 3 rings (SSSR count). The lowest BCUT2D eigenvalue weighted by Gasteiger charge is -2.15. The number of nitrogens with one attached hydrogen (secondary N) is 2. The molecule has 3 aromatic rings. The second kappa shape index (κ2) is 11.4. The summed E-state index contributed by atoms with van der Waals surface area (Å²) in [5.41, 5.74) is 0.102. The molecule has 0 aliphatic carbocycles. The van der Waals surface area contributed by atoms with Crippen molar-refractivity contribution in [2.45, 2.75) is 38.8 Å². The molecule has 1 aromatic heterocycles. The highest BCUT2D eigenvalue weighted by Gasteiger charge is 2.35. The molecular formula is C24H27F3N4O2. The Morgan fingerprint density at radius 2 is 1.48 bits per heavy atom. The second-order valence-electron chi connectivity index (χ2n) is 7.37. The summed E-state index contributed by atoms with van der Waals surface area (Å²) >= 11 is 0. The van der Waals surface area contributed by atoms with Gasteiger partial charge in [-0.15, -0.1) is 0 Å². The first-order valence-corrected chi connectivity index (χ1v) is 10.7. The first kappa shape index (κ1) is 24.2. The fourth-order valence-electron chi connectivity index (χ4n) is 3.04. The van der Waals surface area contributed by atoms with Gasteiger partial charge in [0.15, 0.2) is 0 Å². The Balaban J connectivity index is 1.70. The molecule has 1 heterocycles. The van der Waals surface area contributed by atoms with Crippen LogP contribution in [0, 0.1) is 0 Å². The molecule has 0 spiro atoms. The van der Waals surface area contributed by atoms with Crippen LogP contribution in [0.5, 0.6) is 11.5 Å². The predicted octanol–water partition coefficient (Wildman–Crippen LogP) is 6.95. The minimum absolute atomic E-state index is 0.0345. The van der Waals surface area contributed by atoms with Gasteiger partial charge in [-0.1, -0.05) is 26.2 Å². The molecule has 9 heteroatoms. The Labute approximate surface area is 191 Å². The summed E-state index contributed by atoms with van der Waals surface area (Å²) in [7, 11) is 1.51. The highest BCUT2D eigenvalue weighted by atomic mass is 19.4. The van der Waals surface area contributed by atoms with Crippen molar-refractivity contribution in [2.75, 3.05) is 24.4 Å². The van der Waals surface area contributed by atoms with Gasteiger partial charge >= 0.3 is 6.18 Å². The Hall–Kier alpha value is -3.49. The van der Waals surface area contributed by atoms with Crippen molar-refractivity contribution in [3.05, 3.63) is 60.3 Å². The average molecular weight is 461 g/mol. The van der Waals surface area contributed by atoms with Gasteiger partial charge in [-0.25, -0.2) is 4.98 Å². The van der Waals surface area contributed by atoms with E-state index in [4.69, 9.17) is 9.47 Å². The lowest BCUT2D eigenvalue weighted by molar-refractivity contribution is -0.137. The Kier molecular flexibility index (Phi) is 8.34. The molecule has 6 nitrogen and oxygen atoms in total. The van der Waals surface area contributed by atoms with Crippen LogP contribution in [-0.2, 0) is 6.18 Å². The van der Waals surface area contributed by atoms with Crippen molar-refractivity contribution in [3.63, 3.8) is 0 Å². The number of alkyl halides is 3. The SMILES string of the molecule is CCCCCCOc1ccc(Nc2ncc(C(F)(F)F)c(Nc3ccc(OC)cc3)n2)cc1. The van der Waals surface area contributed by atoms with E-state index in [-0.39, 0.29) is 11.8 Å². The fraction of sp³-hybridized carbons (Fsp3) is 0.333. The molecule has 176 valence electrons. The molecule has 33 heavy (non-hydrogen) atoms. The Bertz CT molecular complexity index is 1010. The molecule has 0 radical (unpaired) electrons. The van der Waals surface area contributed by atoms with Crippen LogP contribution in [-0.4, -0.2) is 23.7 Å². The first-order valence-electron chi connectivity index (χ1n) is 10.7. The number of unbranched alkanes of at least 4 members (excludes halogenated alkanes) is 3. The van der Waals surface area contributed by atoms with E-state index in [2.05, 4.69) is 27.5 Å². The summed E-state index contributed by atoms with van der Waals surface area (Å²) in [4.78, 5) is 7.89. The van der Waals surface area contributed by atoms with Crippen LogP contribution in [0.3, 0.4) is 0 Å². The van der Waals surface area contributed by atoms with Gasteiger partial charge in [0.2, 0.25) is 5.95 Å². The summed E-state index contributed by atoms with van der Waals surface area (Å²) in [6.45, 7) is 2.81. The van der Waals surface area contributed by atoms with Gasteiger partial charge in [-0.05, 0) is 55.0 Å². The molecule has 2 aromatic carbocycles. The zero-order valence-corrected chi connectivity index (χ0v) is 18.6. The zero-order valence-electron chi connectivity index (χ0n) is 18.6. The molecule has 0 saturated carbocycles. The third-order valence-electron chi connectivity index (χ3n) is 4.82. The molecule has 0 bridgehead atoms. The van der Waals surface area contributed by atoms with Gasteiger partial charge in [-0.2, -0.15) is 18.2 Å². The standard InChI is InChI=1S/C24H27F3N4O2/c1-3-4-5-6-15-33-20-13-9-18(10-14-20)30-23-28-16-21(24(25,26)27)22(31-23)29-17-7-11-19(32-2)12-8-17/h7-14,16H,3-6,15H2,1-2H3,(H2,28,29,30,31). The van der Waals surface area contributed by atoms with Gasteiger partial charge in [-0.3, -0.25) is 0 Å². The Morgan fingerprint density at radius 1 is 0.848 bits per heavy atom. The van der Waals surface area contributed by atoms with Crippen molar-refractivity contribution < 1.29 is 22.6 Å². The minimum Gasteiger partial charge on any atom is -0.497 e. The molecule has 0 fully saturated rings. The van der Waals surface area contributed by atoms with Crippen LogP contribution < -0.4 is 20.1 Å². The topological polar surface area (TPSA) is 68.3 Å². The van der Waals surface area contributed by atoms with E-state index >= 15 is 0 Å². The van der Waals surface area contributed by atoms with Gasteiger partial charge in [0.05, 0.1) is 13.7 Å². The number of methoxy groups -OCH3 is 1. The highest BCUT2D eigenvalue weighted by Crippen LogP contribution is 2.35. The number of benzene rings is 2. The second-order valence-corrected chi connectivity index (χ2v) is 7.37. The lowest BCUT2D eigenvalue weighted by atomic mass is 10.2. The van der Waals surface area contributed by atoms with Crippen LogP contribution >= 0.6 is 0 Å². The lowest BCUT2D eigenvalue weighted by Crippen LogP contribution is -2.12. The number of anilines is 4. The van der Waals surface area contributed by atoms with Crippen LogP contribution in [0.15, 0.2) is 54.7 Å². The predicted molar refractivity (Wildman–Crippen MR) is 123 cm³/mol. The number of hydrogen-bond acceptors (Lipinski definition) is 6. The van der Waals surface area contributed by atoms with Gasteiger partial charge in [0, 0.05) is 17.6 Å².